The molecule has 1 aromatic heterocycles. The van der Waals surface area contributed by atoms with Crippen molar-refractivity contribution in [2.75, 3.05) is 0 Å². The summed E-state index contributed by atoms with van der Waals surface area (Å²) in [5.41, 5.74) is 3.66. The van der Waals surface area contributed by atoms with E-state index in [1.807, 2.05) is 12.1 Å². The summed E-state index contributed by atoms with van der Waals surface area (Å²) in [6.45, 7) is 2.06. The topological polar surface area (TPSA) is 20.2 Å². The van der Waals surface area contributed by atoms with Crippen molar-refractivity contribution in [1.82, 2.24) is 0 Å². The molecule has 0 spiro atoms. The van der Waals surface area contributed by atoms with E-state index in [1.165, 1.54) is 35.3 Å². The highest BCUT2D eigenvalue weighted by atomic mass is 32.1. The minimum atomic E-state index is -0.453. The minimum Gasteiger partial charge on any atom is -0.383 e. The van der Waals surface area contributed by atoms with Gasteiger partial charge in [0.1, 0.15) is 6.10 Å². The molecule has 2 aromatic rings. The molecule has 0 saturated heterocycles. The summed E-state index contributed by atoms with van der Waals surface area (Å²) >= 11 is 1.78. The Kier molecular flexibility index (Phi) is 2.77. The number of aryl methyl sites for hydroxylation is 3. The first-order valence-electron chi connectivity index (χ1n) is 6.10. The Morgan fingerprint density at radius 1 is 1.24 bits per heavy atom. The molecule has 1 heterocycles. The highest BCUT2D eigenvalue weighted by Crippen LogP contribution is 2.36. The van der Waals surface area contributed by atoms with Gasteiger partial charge in [-0.15, -0.1) is 11.3 Å². The zero-order valence-corrected chi connectivity index (χ0v) is 10.8. The van der Waals surface area contributed by atoms with Gasteiger partial charge in [0.2, 0.25) is 0 Å². The van der Waals surface area contributed by atoms with E-state index in [-0.39, 0.29) is 0 Å². The summed E-state index contributed by atoms with van der Waals surface area (Å²) < 4.78 is 0. The first-order chi connectivity index (χ1) is 8.24. The lowest BCUT2D eigenvalue weighted by atomic mass is 10.1. The summed E-state index contributed by atoms with van der Waals surface area (Å²) in [4.78, 5) is 2.58. The largest absolute Gasteiger partial charge is 0.383 e. The van der Waals surface area contributed by atoms with Gasteiger partial charge in [0.25, 0.3) is 0 Å². The molecule has 1 nitrogen and oxygen atoms in total. The second-order valence-electron chi connectivity index (χ2n) is 4.77. The average molecular weight is 244 g/mol. The molecule has 3 rings (SSSR count). The summed E-state index contributed by atoms with van der Waals surface area (Å²) in [6, 6.07) is 10.3. The van der Waals surface area contributed by atoms with E-state index in [0.29, 0.717) is 0 Å². The molecule has 0 bridgehead atoms. The molecule has 1 atom stereocenters. The number of aliphatic hydroxyl groups is 1. The number of fused-ring (bicyclic) bond motifs is 1. The number of aliphatic hydroxyl groups excluding tert-OH is 1. The molecule has 1 aliphatic carbocycles. The second kappa shape index (κ2) is 4.28. The van der Waals surface area contributed by atoms with Crippen LogP contribution in [0.2, 0.25) is 0 Å². The Balaban J connectivity index is 1.93. The molecule has 1 unspecified atom stereocenters. The fourth-order valence-electron chi connectivity index (χ4n) is 2.49. The Hall–Kier alpha value is -1.12. The van der Waals surface area contributed by atoms with Crippen LogP contribution in [0.4, 0.5) is 0 Å². The number of hydrogen-bond acceptors (Lipinski definition) is 2. The lowest BCUT2D eigenvalue weighted by molar-refractivity contribution is 0.224. The van der Waals surface area contributed by atoms with Crippen LogP contribution >= 0.6 is 11.3 Å². The van der Waals surface area contributed by atoms with Gasteiger partial charge < -0.3 is 5.11 Å². The normalized spacial score (nSPS) is 15.9. The van der Waals surface area contributed by atoms with E-state index in [2.05, 4.69) is 25.1 Å². The smallest absolute Gasteiger partial charge is 0.113 e. The molecular formula is C15H16OS. The van der Waals surface area contributed by atoms with Crippen molar-refractivity contribution in [2.45, 2.75) is 32.3 Å². The van der Waals surface area contributed by atoms with Crippen molar-refractivity contribution < 1.29 is 5.11 Å². The Labute approximate surface area is 106 Å². The van der Waals surface area contributed by atoms with Gasteiger partial charge in [-0.05, 0) is 43.4 Å². The zero-order chi connectivity index (χ0) is 11.8. The molecule has 2 heteroatoms. The molecule has 0 saturated carbocycles. The third-order valence-electron chi connectivity index (χ3n) is 3.39. The van der Waals surface area contributed by atoms with Gasteiger partial charge in [-0.1, -0.05) is 29.8 Å². The van der Waals surface area contributed by atoms with Crippen LogP contribution in [0.5, 0.6) is 0 Å². The molecule has 17 heavy (non-hydrogen) atoms. The van der Waals surface area contributed by atoms with Gasteiger partial charge in [-0.3, -0.25) is 0 Å². The second-order valence-corrected chi connectivity index (χ2v) is 5.94. The van der Waals surface area contributed by atoms with Crippen LogP contribution in [0.3, 0.4) is 0 Å². The summed E-state index contributed by atoms with van der Waals surface area (Å²) in [7, 11) is 0. The van der Waals surface area contributed by atoms with Crippen LogP contribution in [0.25, 0.3) is 0 Å². The van der Waals surface area contributed by atoms with Crippen LogP contribution in [0.1, 0.15) is 39.0 Å². The van der Waals surface area contributed by atoms with Crippen molar-refractivity contribution in [1.29, 1.82) is 0 Å². The van der Waals surface area contributed by atoms with E-state index in [9.17, 15) is 5.11 Å². The Morgan fingerprint density at radius 3 is 2.88 bits per heavy atom. The first kappa shape index (κ1) is 11.0. The van der Waals surface area contributed by atoms with E-state index in [1.54, 1.807) is 11.3 Å². The molecule has 1 aromatic carbocycles. The fraction of sp³-hybridized carbons (Fsp3) is 0.333. The van der Waals surface area contributed by atoms with E-state index < -0.39 is 6.10 Å². The van der Waals surface area contributed by atoms with E-state index in [0.717, 1.165) is 10.4 Å². The fourth-order valence-corrected chi connectivity index (χ4v) is 3.76. The maximum absolute atomic E-state index is 10.4. The molecule has 0 fully saturated rings. The van der Waals surface area contributed by atoms with Gasteiger partial charge in [0, 0.05) is 9.75 Å². The maximum atomic E-state index is 10.4. The highest BCUT2D eigenvalue weighted by Gasteiger charge is 2.19. The maximum Gasteiger partial charge on any atom is 0.113 e. The van der Waals surface area contributed by atoms with Crippen LogP contribution in [0.15, 0.2) is 30.3 Å². The van der Waals surface area contributed by atoms with Crippen molar-refractivity contribution in [3.63, 3.8) is 0 Å². The molecule has 1 aliphatic rings. The van der Waals surface area contributed by atoms with Crippen molar-refractivity contribution in [2.24, 2.45) is 0 Å². The summed E-state index contributed by atoms with van der Waals surface area (Å²) in [5.74, 6) is 0. The minimum absolute atomic E-state index is 0.453. The number of rotatable bonds is 2. The van der Waals surface area contributed by atoms with Crippen LogP contribution in [-0.4, -0.2) is 5.11 Å². The van der Waals surface area contributed by atoms with Crippen LogP contribution in [-0.2, 0) is 12.8 Å². The molecule has 0 amide bonds. The number of benzene rings is 1. The molecule has 88 valence electrons. The molecule has 0 radical (unpaired) electrons. The molecule has 1 N–H and O–H groups in total. The van der Waals surface area contributed by atoms with Gasteiger partial charge in [0.05, 0.1) is 0 Å². The van der Waals surface area contributed by atoms with Crippen LogP contribution in [0, 0.1) is 6.92 Å². The third-order valence-corrected chi connectivity index (χ3v) is 4.68. The average Bonchev–Trinajstić information content (AvgIpc) is 2.88. The van der Waals surface area contributed by atoms with Crippen molar-refractivity contribution >= 4 is 11.3 Å². The predicted octanol–water partition coefficient (Wildman–Crippen LogP) is 3.63. The lowest BCUT2D eigenvalue weighted by Crippen LogP contribution is -1.97. The molecular weight excluding hydrogens is 228 g/mol. The van der Waals surface area contributed by atoms with Gasteiger partial charge in [-0.25, -0.2) is 0 Å². The summed E-state index contributed by atoms with van der Waals surface area (Å²) in [5, 5.41) is 10.4. The SMILES string of the molecule is Cc1cccc(C(O)c2cc3c(s2)CCC3)c1. The van der Waals surface area contributed by atoms with Crippen LogP contribution < -0.4 is 0 Å². The van der Waals surface area contributed by atoms with Gasteiger partial charge in [0.15, 0.2) is 0 Å². The van der Waals surface area contributed by atoms with Crippen molar-refractivity contribution in [3.05, 3.63) is 56.8 Å². The van der Waals surface area contributed by atoms with Gasteiger partial charge >= 0.3 is 0 Å². The first-order valence-corrected chi connectivity index (χ1v) is 6.92. The Morgan fingerprint density at radius 2 is 2.12 bits per heavy atom. The van der Waals surface area contributed by atoms with Gasteiger partial charge in [-0.2, -0.15) is 0 Å². The standard InChI is InChI=1S/C15H16OS/c1-10-4-2-6-12(8-10)15(16)14-9-11-5-3-7-13(11)17-14/h2,4,6,8-9,15-16H,3,5,7H2,1H3. The predicted molar refractivity (Wildman–Crippen MR) is 71.6 cm³/mol. The third kappa shape index (κ3) is 2.03. The molecule has 0 aliphatic heterocycles. The monoisotopic (exact) mass is 244 g/mol. The highest BCUT2D eigenvalue weighted by molar-refractivity contribution is 7.12. The number of hydrogen-bond donors (Lipinski definition) is 1. The zero-order valence-electron chi connectivity index (χ0n) is 9.94. The van der Waals surface area contributed by atoms with Crippen molar-refractivity contribution in [3.8, 4) is 0 Å². The quantitative estimate of drug-likeness (QED) is 0.855. The summed E-state index contributed by atoms with van der Waals surface area (Å²) in [6.07, 6.45) is 3.21. The van der Waals surface area contributed by atoms with E-state index in [4.69, 9.17) is 0 Å². The lowest BCUT2D eigenvalue weighted by Gasteiger charge is -2.09. The van der Waals surface area contributed by atoms with E-state index >= 15 is 0 Å². The number of thiophene rings is 1. The Bertz CT molecular complexity index is 520.